The second-order valence-corrected chi connectivity index (χ2v) is 7.57. The number of hydrogen-bond donors (Lipinski definition) is 0. The average Bonchev–Trinajstić information content (AvgIpc) is 2.82. The van der Waals surface area contributed by atoms with E-state index >= 15 is 0 Å². The van der Waals surface area contributed by atoms with Crippen molar-refractivity contribution in [2.24, 2.45) is 13.0 Å². The van der Waals surface area contributed by atoms with E-state index in [4.69, 9.17) is 10.7 Å². The fourth-order valence-electron chi connectivity index (χ4n) is 2.44. The summed E-state index contributed by atoms with van der Waals surface area (Å²) in [6.07, 6.45) is 0.940. The minimum Gasteiger partial charge on any atom is -0.303 e. The molecule has 1 aromatic carbocycles. The van der Waals surface area contributed by atoms with Crippen molar-refractivity contribution in [3.05, 3.63) is 41.7 Å². The van der Waals surface area contributed by atoms with Crippen LogP contribution in [0.15, 0.2) is 35.5 Å². The zero-order chi connectivity index (χ0) is 15.6. The largest absolute Gasteiger partial charge is 0.303 e. The molecule has 114 valence electrons. The van der Waals surface area contributed by atoms with Crippen LogP contribution in [0, 0.1) is 5.92 Å². The first kappa shape index (κ1) is 16.0. The van der Waals surface area contributed by atoms with Crippen LogP contribution in [0.25, 0.3) is 0 Å². The smallest absolute Gasteiger partial charge is 0.296 e. The summed E-state index contributed by atoms with van der Waals surface area (Å²) in [6, 6.07) is 9.89. The highest BCUT2D eigenvalue weighted by Gasteiger charge is 2.28. The Bertz CT molecular complexity index is 713. The van der Waals surface area contributed by atoms with Crippen LogP contribution >= 0.6 is 10.7 Å². The molecule has 21 heavy (non-hydrogen) atoms. The quantitative estimate of drug-likeness (QED) is 0.792. The van der Waals surface area contributed by atoms with Crippen molar-refractivity contribution in [1.82, 2.24) is 14.8 Å². The number of nitrogens with zero attached hydrogens (tertiary/aromatic N) is 3. The first-order chi connectivity index (χ1) is 9.86. The second-order valence-electron chi connectivity index (χ2n) is 5.11. The van der Waals surface area contributed by atoms with Crippen molar-refractivity contribution < 1.29 is 8.42 Å². The van der Waals surface area contributed by atoms with Crippen molar-refractivity contribution in [3.63, 3.8) is 0 Å². The molecule has 0 N–H and O–H groups in total. The SMILES string of the molecule is CCC(C)C(c1ccccc1)c1nnc(S(=O)(=O)Cl)n1C. The van der Waals surface area contributed by atoms with Gasteiger partial charge in [-0.15, -0.1) is 10.2 Å². The molecule has 0 amide bonds. The minimum absolute atomic E-state index is 0.0270. The van der Waals surface area contributed by atoms with Gasteiger partial charge in [-0.05, 0) is 11.5 Å². The number of halogens is 1. The second kappa shape index (κ2) is 6.15. The van der Waals surface area contributed by atoms with Crippen LogP contribution < -0.4 is 0 Å². The molecule has 7 heteroatoms. The molecule has 0 spiro atoms. The molecule has 2 rings (SSSR count). The van der Waals surface area contributed by atoms with Crippen molar-refractivity contribution in [3.8, 4) is 0 Å². The van der Waals surface area contributed by atoms with Gasteiger partial charge in [0.05, 0.1) is 0 Å². The van der Waals surface area contributed by atoms with Gasteiger partial charge in [0.1, 0.15) is 5.82 Å². The van der Waals surface area contributed by atoms with Gasteiger partial charge in [-0.25, -0.2) is 8.42 Å². The lowest BCUT2D eigenvalue weighted by atomic mass is 9.85. The maximum absolute atomic E-state index is 11.5. The molecule has 0 saturated carbocycles. The first-order valence-corrected chi connectivity index (χ1v) is 9.06. The van der Waals surface area contributed by atoms with Crippen molar-refractivity contribution in [1.29, 1.82) is 0 Å². The van der Waals surface area contributed by atoms with E-state index in [-0.39, 0.29) is 11.1 Å². The summed E-state index contributed by atoms with van der Waals surface area (Å²) >= 11 is 0. The Morgan fingerprint density at radius 3 is 2.33 bits per heavy atom. The number of benzene rings is 1. The Balaban J connectivity index is 2.56. The van der Waals surface area contributed by atoms with Gasteiger partial charge in [0.25, 0.3) is 14.2 Å². The highest BCUT2D eigenvalue weighted by Crippen LogP contribution is 2.33. The van der Waals surface area contributed by atoms with Gasteiger partial charge in [-0.3, -0.25) is 0 Å². The van der Waals surface area contributed by atoms with Gasteiger partial charge in [0.15, 0.2) is 0 Å². The van der Waals surface area contributed by atoms with Crippen LogP contribution in [0.4, 0.5) is 0 Å². The molecule has 0 saturated heterocycles. The molecular weight excluding hydrogens is 310 g/mol. The lowest BCUT2D eigenvalue weighted by molar-refractivity contribution is 0.464. The molecule has 0 bridgehead atoms. The summed E-state index contributed by atoms with van der Waals surface area (Å²) in [5, 5.41) is 7.60. The zero-order valence-electron chi connectivity index (χ0n) is 12.2. The number of hydrogen-bond acceptors (Lipinski definition) is 4. The molecule has 0 aliphatic rings. The van der Waals surface area contributed by atoms with E-state index in [0.717, 1.165) is 12.0 Å². The van der Waals surface area contributed by atoms with E-state index in [9.17, 15) is 8.42 Å². The molecule has 0 aliphatic carbocycles. The summed E-state index contributed by atoms with van der Waals surface area (Å²) in [5.74, 6) is 0.872. The summed E-state index contributed by atoms with van der Waals surface area (Å²) in [7, 11) is 3.12. The van der Waals surface area contributed by atoms with Gasteiger partial charge in [-0.2, -0.15) is 0 Å². The Morgan fingerprint density at radius 2 is 1.86 bits per heavy atom. The third-order valence-electron chi connectivity index (χ3n) is 3.74. The van der Waals surface area contributed by atoms with E-state index in [1.54, 1.807) is 7.05 Å². The molecule has 5 nitrogen and oxygen atoms in total. The monoisotopic (exact) mass is 327 g/mol. The third-order valence-corrected chi connectivity index (χ3v) is 4.94. The Morgan fingerprint density at radius 1 is 1.24 bits per heavy atom. The Labute approximate surface area is 129 Å². The molecule has 0 radical (unpaired) electrons. The van der Waals surface area contributed by atoms with Crippen LogP contribution in [-0.2, 0) is 16.1 Å². The van der Waals surface area contributed by atoms with Gasteiger partial charge < -0.3 is 4.57 Å². The third kappa shape index (κ3) is 3.27. The standard InChI is InChI=1S/C14H18ClN3O2S/c1-4-10(2)12(11-8-6-5-7-9-11)13-16-17-14(18(13)3)21(15,19)20/h5-10,12H,4H2,1-3H3. The van der Waals surface area contributed by atoms with Crippen molar-refractivity contribution in [2.45, 2.75) is 31.3 Å². The summed E-state index contributed by atoms with van der Waals surface area (Å²) in [6.45, 7) is 4.21. The predicted molar refractivity (Wildman–Crippen MR) is 81.8 cm³/mol. The molecular formula is C14H18ClN3O2S. The average molecular weight is 328 g/mol. The fourth-order valence-corrected chi connectivity index (χ4v) is 3.40. The fraction of sp³-hybridized carbons (Fsp3) is 0.429. The lowest BCUT2D eigenvalue weighted by Gasteiger charge is -2.22. The maximum Gasteiger partial charge on any atom is 0.296 e. The van der Waals surface area contributed by atoms with Gasteiger partial charge in [0.2, 0.25) is 0 Å². The van der Waals surface area contributed by atoms with Crippen LogP contribution in [0.5, 0.6) is 0 Å². The molecule has 2 aromatic rings. The molecule has 0 fully saturated rings. The summed E-state index contributed by atoms with van der Waals surface area (Å²) < 4.78 is 24.5. The number of aromatic nitrogens is 3. The van der Waals surface area contributed by atoms with E-state index in [1.165, 1.54) is 4.57 Å². The van der Waals surface area contributed by atoms with E-state index in [2.05, 4.69) is 24.0 Å². The predicted octanol–water partition coefficient (Wildman–Crippen LogP) is 2.92. The maximum atomic E-state index is 11.5. The topological polar surface area (TPSA) is 64.8 Å². The van der Waals surface area contributed by atoms with E-state index < -0.39 is 9.05 Å². The van der Waals surface area contributed by atoms with Crippen molar-refractivity contribution >= 4 is 19.7 Å². The summed E-state index contributed by atoms with van der Waals surface area (Å²) in [4.78, 5) is 0. The normalized spacial score (nSPS) is 14.9. The van der Waals surface area contributed by atoms with Crippen LogP contribution in [0.3, 0.4) is 0 Å². The van der Waals surface area contributed by atoms with Crippen LogP contribution in [0.2, 0.25) is 0 Å². The molecule has 2 unspecified atom stereocenters. The van der Waals surface area contributed by atoms with Crippen molar-refractivity contribution in [2.75, 3.05) is 0 Å². The highest BCUT2D eigenvalue weighted by atomic mass is 35.7. The van der Waals surface area contributed by atoms with Gasteiger partial charge >= 0.3 is 0 Å². The number of rotatable bonds is 5. The Kier molecular flexibility index (Phi) is 4.68. The van der Waals surface area contributed by atoms with Crippen LogP contribution in [-0.4, -0.2) is 23.2 Å². The lowest BCUT2D eigenvalue weighted by Crippen LogP contribution is -2.16. The zero-order valence-corrected chi connectivity index (χ0v) is 13.8. The first-order valence-electron chi connectivity index (χ1n) is 6.75. The van der Waals surface area contributed by atoms with Gasteiger partial charge in [-0.1, -0.05) is 50.6 Å². The van der Waals surface area contributed by atoms with E-state index in [0.29, 0.717) is 11.7 Å². The molecule has 0 aliphatic heterocycles. The van der Waals surface area contributed by atoms with Gasteiger partial charge in [0, 0.05) is 23.6 Å². The van der Waals surface area contributed by atoms with Crippen LogP contribution in [0.1, 0.15) is 37.6 Å². The van der Waals surface area contributed by atoms with E-state index in [1.807, 2.05) is 30.3 Å². The minimum atomic E-state index is -3.90. The molecule has 1 heterocycles. The highest BCUT2D eigenvalue weighted by molar-refractivity contribution is 8.13. The summed E-state index contributed by atoms with van der Waals surface area (Å²) in [5.41, 5.74) is 1.08. The Hall–Kier alpha value is -1.40. The molecule has 2 atom stereocenters. The molecule has 1 aromatic heterocycles.